The van der Waals surface area contributed by atoms with E-state index in [-0.39, 0.29) is 37.0 Å². The second kappa shape index (κ2) is 7.97. The number of anilines is 1. The van der Waals surface area contributed by atoms with E-state index in [1.165, 1.54) is 16.5 Å². The van der Waals surface area contributed by atoms with Crippen LogP contribution in [0.5, 0.6) is 0 Å². The fraction of sp³-hybridized carbons (Fsp3) is 0.438. The molecule has 6 heteroatoms. The largest absolute Gasteiger partial charge is 0.390 e. The number of fused-ring (bicyclic) bond motifs is 1. The van der Waals surface area contributed by atoms with E-state index in [4.69, 9.17) is 0 Å². The van der Waals surface area contributed by atoms with Gasteiger partial charge in [0.25, 0.3) is 0 Å². The highest BCUT2D eigenvalue weighted by molar-refractivity contribution is 5.86. The molecular weight excluding hydrogens is 321 g/mol. The minimum absolute atomic E-state index is 0. The number of β-amino-alcohol motifs (C(OH)–C–C–N with tert-alkyl or cyclic N) is 1. The maximum atomic E-state index is 9.85. The highest BCUT2D eigenvalue weighted by atomic mass is 35.5. The quantitative estimate of drug-likeness (QED) is 0.801. The van der Waals surface area contributed by atoms with E-state index < -0.39 is 0 Å². The molecule has 3 rings (SSSR count). The van der Waals surface area contributed by atoms with Crippen molar-refractivity contribution in [1.29, 1.82) is 0 Å². The van der Waals surface area contributed by atoms with E-state index in [9.17, 15) is 5.11 Å². The summed E-state index contributed by atoms with van der Waals surface area (Å²) in [6.07, 6.45) is 0.685. The van der Waals surface area contributed by atoms with E-state index in [2.05, 4.69) is 53.7 Å². The first kappa shape index (κ1) is 19.0. The Bertz CT molecular complexity index is 636. The van der Waals surface area contributed by atoms with Gasteiger partial charge in [0.1, 0.15) is 5.82 Å². The lowest BCUT2D eigenvalue weighted by molar-refractivity contribution is 0.185. The first-order valence-corrected chi connectivity index (χ1v) is 7.23. The molecule has 0 radical (unpaired) electrons. The SMILES string of the molecule is CCc1ccc2nc(N[C@@H]3CNC[C@H]3O)cc(C)c2c1.Cl.Cl. The van der Waals surface area contributed by atoms with E-state index in [0.29, 0.717) is 6.54 Å². The van der Waals surface area contributed by atoms with Crippen LogP contribution in [0.2, 0.25) is 0 Å². The summed E-state index contributed by atoms with van der Waals surface area (Å²) in [5, 5.41) is 17.6. The van der Waals surface area contributed by atoms with Gasteiger partial charge in [-0.1, -0.05) is 13.0 Å². The normalized spacial score (nSPS) is 20.3. The summed E-state index contributed by atoms with van der Waals surface area (Å²) < 4.78 is 0. The molecule has 1 aromatic heterocycles. The second-order valence-electron chi connectivity index (χ2n) is 5.51. The van der Waals surface area contributed by atoms with Gasteiger partial charge in [0.2, 0.25) is 0 Å². The number of benzene rings is 1. The van der Waals surface area contributed by atoms with E-state index >= 15 is 0 Å². The van der Waals surface area contributed by atoms with Gasteiger partial charge < -0.3 is 15.7 Å². The van der Waals surface area contributed by atoms with Crippen molar-refractivity contribution in [1.82, 2.24) is 10.3 Å². The van der Waals surface area contributed by atoms with Crippen LogP contribution in [0.25, 0.3) is 10.9 Å². The van der Waals surface area contributed by atoms with Gasteiger partial charge in [-0.25, -0.2) is 4.98 Å². The highest BCUT2D eigenvalue weighted by Gasteiger charge is 2.24. The summed E-state index contributed by atoms with van der Waals surface area (Å²) in [6, 6.07) is 8.52. The Labute approximate surface area is 143 Å². The van der Waals surface area contributed by atoms with Crippen molar-refractivity contribution in [2.24, 2.45) is 0 Å². The first-order valence-electron chi connectivity index (χ1n) is 7.23. The number of halogens is 2. The maximum Gasteiger partial charge on any atom is 0.127 e. The van der Waals surface area contributed by atoms with Gasteiger partial charge in [0.15, 0.2) is 0 Å². The number of aromatic nitrogens is 1. The number of rotatable bonds is 3. The van der Waals surface area contributed by atoms with Crippen LogP contribution < -0.4 is 10.6 Å². The van der Waals surface area contributed by atoms with E-state index in [1.807, 2.05) is 0 Å². The molecule has 0 unspecified atom stereocenters. The van der Waals surface area contributed by atoms with Gasteiger partial charge in [-0.3, -0.25) is 0 Å². The molecular formula is C16H23Cl2N3O. The third-order valence-corrected chi connectivity index (χ3v) is 4.00. The first-order chi connectivity index (χ1) is 9.67. The molecule has 0 saturated carbocycles. The molecule has 1 aliphatic rings. The summed E-state index contributed by atoms with van der Waals surface area (Å²) in [5.41, 5.74) is 3.55. The lowest BCUT2D eigenvalue weighted by Gasteiger charge is -2.17. The molecule has 2 aromatic rings. The fourth-order valence-electron chi connectivity index (χ4n) is 2.74. The average molecular weight is 344 g/mol. The Morgan fingerprint density at radius 3 is 2.68 bits per heavy atom. The maximum absolute atomic E-state index is 9.85. The fourth-order valence-corrected chi connectivity index (χ4v) is 2.74. The molecule has 0 aliphatic carbocycles. The van der Waals surface area contributed by atoms with Crippen molar-refractivity contribution in [3.8, 4) is 0 Å². The molecule has 0 spiro atoms. The lowest BCUT2D eigenvalue weighted by Crippen LogP contribution is -2.32. The third kappa shape index (κ3) is 3.82. The van der Waals surface area contributed by atoms with Gasteiger partial charge in [0.05, 0.1) is 17.7 Å². The predicted molar refractivity (Wildman–Crippen MR) is 96.6 cm³/mol. The smallest absolute Gasteiger partial charge is 0.127 e. The van der Waals surface area contributed by atoms with Gasteiger partial charge in [-0.05, 0) is 42.7 Å². The Balaban J connectivity index is 0.00000121. The van der Waals surface area contributed by atoms with Crippen LogP contribution in [-0.2, 0) is 6.42 Å². The number of hydrogen-bond donors (Lipinski definition) is 3. The molecule has 0 amide bonds. The summed E-state index contributed by atoms with van der Waals surface area (Å²) in [7, 11) is 0. The van der Waals surface area contributed by atoms with Crippen LogP contribution in [0.15, 0.2) is 24.3 Å². The Kier molecular flexibility index (Phi) is 6.88. The number of hydrogen-bond acceptors (Lipinski definition) is 4. The molecule has 2 atom stereocenters. The minimum Gasteiger partial charge on any atom is -0.390 e. The summed E-state index contributed by atoms with van der Waals surface area (Å²) >= 11 is 0. The molecule has 1 saturated heterocycles. The zero-order valence-electron chi connectivity index (χ0n) is 12.8. The second-order valence-corrected chi connectivity index (χ2v) is 5.51. The summed E-state index contributed by atoms with van der Waals surface area (Å²) in [4.78, 5) is 4.66. The monoisotopic (exact) mass is 343 g/mol. The van der Waals surface area contributed by atoms with Crippen molar-refractivity contribution in [3.63, 3.8) is 0 Å². The number of aliphatic hydroxyl groups is 1. The number of pyridine rings is 1. The Morgan fingerprint density at radius 2 is 2.05 bits per heavy atom. The number of aliphatic hydroxyl groups excluding tert-OH is 1. The standard InChI is InChI=1S/C16H21N3O.2ClH/c1-3-11-4-5-13-12(7-11)10(2)6-16(18-13)19-14-8-17-9-15(14)20;;/h4-7,14-15,17,20H,3,8-9H2,1-2H3,(H,18,19);2*1H/t14-,15-;;/m1../s1. The van der Waals surface area contributed by atoms with Gasteiger partial charge >= 0.3 is 0 Å². The van der Waals surface area contributed by atoms with Crippen LogP contribution in [0.1, 0.15) is 18.1 Å². The van der Waals surface area contributed by atoms with Crippen LogP contribution in [-0.4, -0.2) is 35.3 Å². The summed E-state index contributed by atoms with van der Waals surface area (Å²) in [6.45, 7) is 5.69. The van der Waals surface area contributed by atoms with Crippen molar-refractivity contribution < 1.29 is 5.11 Å². The van der Waals surface area contributed by atoms with Crippen molar-refractivity contribution in [2.45, 2.75) is 32.4 Å². The van der Waals surface area contributed by atoms with Crippen LogP contribution in [0.4, 0.5) is 5.82 Å². The zero-order valence-corrected chi connectivity index (χ0v) is 14.4. The zero-order chi connectivity index (χ0) is 14.1. The Hall–Kier alpha value is -1.07. The molecule has 1 aliphatic heterocycles. The summed E-state index contributed by atoms with van der Waals surface area (Å²) in [5.74, 6) is 0.840. The number of nitrogens with zero attached hydrogens (tertiary/aromatic N) is 1. The van der Waals surface area contributed by atoms with Gasteiger partial charge in [0, 0.05) is 18.5 Å². The van der Waals surface area contributed by atoms with Crippen LogP contribution in [0.3, 0.4) is 0 Å². The lowest BCUT2D eigenvalue weighted by atomic mass is 10.1. The van der Waals surface area contributed by atoms with Gasteiger partial charge in [-0.2, -0.15) is 0 Å². The van der Waals surface area contributed by atoms with Crippen LogP contribution >= 0.6 is 24.8 Å². The van der Waals surface area contributed by atoms with Crippen molar-refractivity contribution in [3.05, 3.63) is 35.4 Å². The molecule has 4 nitrogen and oxygen atoms in total. The minimum atomic E-state index is -0.352. The van der Waals surface area contributed by atoms with Crippen LogP contribution in [0, 0.1) is 6.92 Å². The highest BCUT2D eigenvalue weighted by Crippen LogP contribution is 2.22. The molecule has 3 N–H and O–H groups in total. The van der Waals surface area contributed by atoms with E-state index in [0.717, 1.165) is 24.3 Å². The molecule has 2 heterocycles. The molecule has 122 valence electrons. The number of nitrogens with one attached hydrogen (secondary N) is 2. The molecule has 0 bridgehead atoms. The molecule has 1 aromatic carbocycles. The third-order valence-electron chi connectivity index (χ3n) is 4.00. The average Bonchev–Trinajstić information content (AvgIpc) is 2.84. The Morgan fingerprint density at radius 1 is 1.27 bits per heavy atom. The topological polar surface area (TPSA) is 57.2 Å². The molecule has 1 fully saturated rings. The molecule has 22 heavy (non-hydrogen) atoms. The van der Waals surface area contributed by atoms with Crippen molar-refractivity contribution in [2.75, 3.05) is 18.4 Å². The van der Waals surface area contributed by atoms with Gasteiger partial charge in [-0.15, -0.1) is 24.8 Å². The van der Waals surface area contributed by atoms with E-state index in [1.54, 1.807) is 0 Å². The predicted octanol–water partition coefficient (Wildman–Crippen LogP) is 2.69. The number of aryl methyl sites for hydroxylation is 2. The van der Waals surface area contributed by atoms with Crippen molar-refractivity contribution >= 4 is 41.5 Å².